The van der Waals surface area contributed by atoms with Gasteiger partial charge in [-0.25, -0.2) is 4.98 Å². The smallest absolute Gasteiger partial charge is 0.129 e. The fourth-order valence-electron chi connectivity index (χ4n) is 7.28. The average Bonchev–Trinajstić information content (AvgIpc) is 3.38. The third kappa shape index (κ3) is 4.73. The van der Waals surface area contributed by atoms with E-state index in [1.165, 1.54) is 11.3 Å². The van der Waals surface area contributed by atoms with Crippen LogP contribution in [0.4, 0.5) is 11.5 Å². The number of nitriles is 1. The zero-order chi connectivity index (χ0) is 26.3. The van der Waals surface area contributed by atoms with Crippen LogP contribution in [0.1, 0.15) is 43.0 Å². The van der Waals surface area contributed by atoms with E-state index in [0.717, 1.165) is 87.4 Å². The van der Waals surface area contributed by atoms with Crippen LogP contribution in [0.2, 0.25) is 0 Å². The lowest BCUT2D eigenvalue weighted by molar-refractivity contribution is -0.0285. The first-order valence-electron chi connectivity index (χ1n) is 14.4. The number of nitrogens with one attached hydrogen (secondary N) is 1. The van der Waals surface area contributed by atoms with Gasteiger partial charge in [-0.1, -0.05) is 6.07 Å². The highest BCUT2D eigenvalue weighted by molar-refractivity contribution is 5.95. The molecule has 1 aliphatic carbocycles. The summed E-state index contributed by atoms with van der Waals surface area (Å²) in [5.41, 5.74) is 5.12. The first-order chi connectivity index (χ1) is 19.2. The molecule has 3 fully saturated rings. The number of hydrogen-bond donors (Lipinski definition) is 1. The van der Waals surface area contributed by atoms with Crippen molar-refractivity contribution in [2.24, 2.45) is 5.92 Å². The second-order valence-electron chi connectivity index (χ2n) is 11.6. The Morgan fingerprint density at radius 2 is 2.10 bits per heavy atom. The van der Waals surface area contributed by atoms with E-state index in [4.69, 9.17) is 14.5 Å². The topological polar surface area (TPSA) is 86.5 Å². The molecule has 1 N–H and O–H groups in total. The van der Waals surface area contributed by atoms with Gasteiger partial charge in [-0.3, -0.25) is 4.98 Å². The van der Waals surface area contributed by atoms with Gasteiger partial charge in [0, 0.05) is 62.1 Å². The van der Waals surface area contributed by atoms with Crippen LogP contribution in [0.3, 0.4) is 0 Å². The van der Waals surface area contributed by atoms with Crippen LogP contribution in [-0.2, 0) is 22.4 Å². The number of morpholine rings is 2. The van der Waals surface area contributed by atoms with E-state index < -0.39 is 0 Å². The first-order valence-corrected chi connectivity index (χ1v) is 14.4. The van der Waals surface area contributed by atoms with Crippen molar-refractivity contribution in [1.29, 1.82) is 5.26 Å². The molecule has 202 valence electrons. The van der Waals surface area contributed by atoms with Crippen LogP contribution in [0, 0.1) is 17.2 Å². The van der Waals surface area contributed by atoms with E-state index in [1.54, 1.807) is 6.20 Å². The molecule has 0 spiro atoms. The van der Waals surface area contributed by atoms with E-state index in [2.05, 4.69) is 57.4 Å². The minimum absolute atomic E-state index is 0.136. The Morgan fingerprint density at radius 3 is 3.03 bits per heavy atom. The minimum Gasteiger partial charge on any atom is -0.374 e. The molecule has 4 aliphatic rings. The Hall–Kier alpha value is -3.25. The summed E-state index contributed by atoms with van der Waals surface area (Å²) in [5.74, 6) is 1.67. The molecule has 3 aromatic rings. The van der Waals surface area contributed by atoms with E-state index in [-0.39, 0.29) is 18.3 Å². The quantitative estimate of drug-likeness (QED) is 0.552. The summed E-state index contributed by atoms with van der Waals surface area (Å²) in [6.45, 7) is 7.44. The van der Waals surface area contributed by atoms with Crippen LogP contribution in [0.15, 0.2) is 42.6 Å². The van der Waals surface area contributed by atoms with Crippen LogP contribution in [0.5, 0.6) is 0 Å². The monoisotopic (exact) mass is 524 g/mol. The van der Waals surface area contributed by atoms with Gasteiger partial charge in [0.25, 0.3) is 0 Å². The summed E-state index contributed by atoms with van der Waals surface area (Å²) in [7, 11) is 0. The van der Waals surface area contributed by atoms with Crippen LogP contribution < -0.4 is 15.1 Å². The van der Waals surface area contributed by atoms with Crippen molar-refractivity contribution in [2.75, 3.05) is 42.6 Å². The number of benzene rings is 1. The highest BCUT2D eigenvalue weighted by atomic mass is 16.5. The normalized spacial score (nSPS) is 28.7. The van der Waals surface area contributed by atoms with Gasteiger partial charge in [-0.15, -0.1) is 0 Å². The van der Waals surface area contributed by atoms with E-state index >= 15 is 0 Å². The average molecular weight is 525 g/mol. The van der Waals surface area contributed by atoms with Crippen molar-refractivity contribution in [3.8, 4) is 6.07 Å². The minimum atomic E-state index is 0.136. The Balaban J connectivity index is 1.07. The Kier molecular flexibility index (Phi) is 6.59. The number of aromatic nitrogens is 2. The van der Waals surface area contributed by atoms with Gasteiger partial charge in [0.2, 0.25) is 0 Å². The van der Waals surface area contributed by atoms with Crippen molar-refractivity contribution in [3.05, 3.63) is 59.4 Å². The maximum absolute atomic E-state index is 9.57. The molecule has 2 saturated heterocycles. The molecule has 8 heteroatoms. The molecule has 2 aromatic heterocycles. The molecule has 2 unspecified atom stereocenters. The lowest BCUT2D eigenvalue weighted by atomic mass is 9.97. The van der Waals surface area contributed by atoms with Crippen molar-refractivity contribution < 1.29 is 9.47 Å². The molecule has 1 aromatic carbocycles. The van der Waals surface area contributed by atoms with Crippen molar-refractivity contribution in [2.45, 2.75) is 63.5 Å². The molecule has 5 atom stereocenters. The summed E-state index contributed by atoms with van der Waals surface area (Å²) < 4.78 is 12.8. The Labute approximate surface area is 229 Å². The highest BCUT2D eigenvalue weighted by Gasteiger charge is 2.43. The molecular weight excluding hydrogens is 488 g/mol. The van der Waals surface area contributed by atoms with Crippen LogP contribution in [0.25, 0.3) is 10.9 Å². The van der Waals surface area contributed by atoms with Gasteiger partial charge < -0.3 is 24.6 Å². The summed E-state index contributed by atoms with van der Waals surface area (Å²) in [4.78, 5) is 14.6. The molecule has 0 amide bonds. The fraction of sp³-hybridized carbons (Fsp3) is 0.516. The van der Waals surface area contributed by atoms with E-state index in [9.17, 15) is 5.26 Å². The van der Waals surface area contributed by atoms with Crippen molar-refractivity contribution in [3.63, 3.8) is 0 Å². The lowest BCUT2D eigenvalue weighted by Gasteiger charge is -2.39. The molecule has 3 aliphatic heterocycles. The van der Waals surface area contributed by atoms with Crippen molar-refractivity contribution in [1.82, 2.24) is 15.3 Å². The van der Waals surface area contributed by atoms with Crippen LogP contribution in [-0.4, -0.2) is 67.1 Å². The number of rotatable bonds is 4. The number of nitrogens with zero attached hydrogens (tertiary/aromatic N) is 5. The Bertz CT molecular complexity index is 1410. The number of anilines is 2. The highest BCUT2D eigenvalue weighted by Crippen LogP contribution is 2.40. The number of hydrogen-bond acceptors (Lipinski definition) is 8. The van der Waals surface area contributed by atoms with Gasteiger partial charge in [-0.05, 0) is 68.0 Å². The predicted molar refractivity (Wildman–Crippen MR) is 151 cm³/mol. The predicted octanol–water partition coefficient (Wildman–Crippen LogP) is 3.81. The Morgan fingerprint density at radius 1 is 1.15 bits per heavy atom. The second-order valence-corrected chi connectivity index (χ2v) is 11.6. The third-order valence-corrected chi connectivity index (χ3v) is 8.97. The van der Waals surface area contributed by atoms with Gasteiger partial charge in [0.1, 0.15) is 11.9 Å². The van der Waals surface area contributed by atoms with E-state index in [1.807, 2.05) is 12.1 Å². The molecular formula is C31H36N6O2. The zero-order valence-electron chi connectivity index (χ0n) is 22.6. The van der Waals surface area contributed by atoms with E-state index in [0.29, 0.717) is 17.5 Å². The molecule has 5 heterocycles. The standard InChI is InChI=1S/C31H36N6O2/c1-20-18-36(27-6-4-22(16-32)31-25(27)3-2-9-34-31)19-24(39-20)13-21-14-28-29(15-21)38-12-11-37(28)30-7-5-23-17-33-10-8-26(23)35-30/h2-7,9,20-21,24,28-29,33H,8,10-15,17-19H2,1H3/t20-,21?,24+,28+,29?/m1/s1. The number of fused-ring (bicyclic) bond motifs is 3. The summed E-state index contributed by atoms with van der Waals surface area (Å²) in [6.07, 6.45) is 6.54. The molecule has 39 heavy (non-hydrogen) atoms. The molecule has 0 radical (unpaired) electrons. The van der Waals surface area contributed by atoms with Crippen LogP contribution >= 0.6 is 0 Å². The summed E-state index contributed by atoms with van der Waals surface area (Å²) in [5, 5.41) is 14.1. The maximum atomic E-state index is 9.57. The summed E-state index contributed by atoms with van der Waals surface area (Å²) >= 11 is 0. The molecule has 7 rings (SSSR count). The number of pyridine rings is 2. The molecule has 1 saturated carbocycles. The van der Waals surface area contributed by atoms with Gasteiger partial charge >= 0.3 is 0 Å². The second kappa shape index (κ2) is 10.4. The molecule has 0 bridgehead atoms. The fourth-order valence-corrected chi connectivity index (χ4v) is 7.28. The zero-order valence-corrected chi connectivity index (χ0v) is 22.6. The SMILES string of the molecule is C[C@@H]1CN(c2ccc(C#N)c3ncccc23)C[C@H](CC2CC3OCCN(c4ccc5c(n4)CCNC5)[C@H]3C2)O1. The van der Waals surface area contributed by atoms with Gasteiger partial charge in [0.05, 0.1) is 42.0 Å². The molecule has 8 nitrogen and oxygen atoms in total. The largest absolute Gasteiger partial charge is 0.374 e. The first kappa shape index (κ1) is 24.8. The third-order valence-electron chi connectivity index (χ3n) is 8.97. The van der Waals surface area contributed by atoms with Gasteiger partial charge in [-0.2, -0.15) is 5.26 Å². The maximum Gasteiger partial charge on any atom is 0.129 e. The number of ether oxygens (including phenoxy) is 2. The van der Waals surface area contributed by atoms with Crippen molar-refractivity contribution >= 4 is 22.4 Å². The lowest BCUT2D eigenvalue weighted by Crippen LogP contribution is -2.49. The van der Waals surface area contributed by atoms with Gasteiger partial charge in [0.15, 0.2) is 0 Å². The summed E-state index contributed by atoms with van der Waals surface area (Å²) in [6, 6.07) is 15.1.